The maximum Gasteiger partial charge on any atom is 0.374 e. The Morgan fingerprint density at radius 2 is 2.00 bits per heavy atom. The van der Waals surface area contributed by atoms with Crippen molar-refractivity contribution < 1.29 is 13.9 Å². The number of rotatable bonds is 5. The summed E-state index contributed by atoms with van der Waals surface area (Å²) in [4.78, 5) is 23.9. The number of nitrogens with zero attached hydrogens (tertiary/aromatic N) is 3. The van der Waals surface area contributed by atoms with E-state index in [1.54, 1.807) is 6.07 Å². The molecule has 0 amide bonds. The van der Waals surface area contributed by atoms with Crippen LogP contribution in [0.15, 0.2) is 47.1 Å². The number of esters is 1. The van der Waals surface area contributed by atoms with Gasteiger partial charge in [-0.3, -0.25) is 0 Å². The third-order valence-electron chi connectivity index (χ3n) is 3.06. The van der Waals surface area contributed by atoms with Gasteiger partial charge in [-0.1, -0.05) is 17.7 Å². The summed E-state index contributed by atoms with van der Waals surface area (Å²) in [5.41, 5.74) is 7.63. The normalized spacial score (nSPS) is 10.4. The van der Waals surface area contributed by atoms with E-state index >= 15 is 0 Å². The molecule has 0 aliphatic heterocycles. The van der Waals surface area contributed by atoms with Gasteiger partial charge in [0, 0.05) is 5.69 Å². The lowest BCUT2D eigenvalue weighted by atomic mass is 10.2. The molecular formula is C16H15N5O3. The minimum atomic E-state index is -0.605. The molecule has 24 heavy (non-hydrogen) atoms. The number of nitrogen functional groups attached to an aromatic ring is 1. The number of nitrogens with one attached hydrogen (secondary N) is 1. The van der Waals surface area contributed by atoms with Crippen molar-refractivity contribution in [2.24, 2.45) is 0 Å². The molecule has 0 aliphatic carbocycles. The van der Waals surface area contributed by atoms with Crippen LogP contribution in [-0.2, 0) is 11.3 Å². The van der Waals surface area contributed by atoms with Gasteiger partial charge in [-0.25, -0.2) is 4.79 Å². The van der Waals surface area contributed by atoms with Crippen LogP contribution >= 0.6 is 0 Å². The van der Waals surface area contributed by atoms with E-state index < -0.39 is 5.97 Å². The molecule has 122 valence electrons. The number of anilines is 3. The molecule has 0 radical (unpaired) electrons. The highest BCUT2D eigenvalue weighted by Crippen LogP contribution is 2.14. The van der Waals surface area contributed by atoms with Crippen molar-refractivity contribution in [1.82, 2.24) is 15.0 Å². The second kappa shape index (κ2) is 6.78. The number of ether oxygens (including phenoxy) is 1. The fourth-order valence-corrected chi connectivity index (χ4v) is 1.92. The van der Waals surface area contributed by atoms with Crippen LogP contribution in [0.1, 0.15) is 21.9 Å². The number of furan rings is 1. The zero-order chi connectivity index (χ0) is 16.9. The molecule has 0 unspecified atom stereocenters. The van der Waals surface area contributed by atoms with E-state index in [2.05, 4.69) is 20.3 Å². The minimum Gasteiger partial charge on any atom is -0.457 e. The van der Waals surface area contributed by atoms with Crippen LogP contribution in [0.3, 0.4) is 0 Å². The summed E-state index contributed by atoms with van der Waals surface area (Å²) in [5.74, 6) is 0.0399. The van der Waals surface area contributed by atoms with Crippen molar-refractivity contribution in [2.45, 2.75) is 13.5 Å². The monoisotopic (exact) mass is 325 g/mol. The highest BCUT2D eigenvalue weighted by molar-refractivity contribution is 5.86. The van der Waals surface area contributed by atoms with Crippen LogP contribution < -0.4 is 11.1 Å². The van der Waals surface area contributed by atoms with Gasteiger partial charge in [0.25, 0.3) is 0 Å². The van der Waals surface area contributed by atoms with Crippen LogP contribution in [0.4, 0.5) is 17.6 Å². The molecule has 3 aromatic rings. The molecule has 0 saturated heterocycles. The molecule has 3 rings (SSSR count). The lowest BCUT2D eigenvalue weighted by molar-refractivity contribution is 0.0425. The summed E-state index contributed by atoms with van der Waals surface area (Å²) in [5, 5.41) is 3.03. The minimum absolute atomic E-state index is 0.0312. The van der Waals surface area contributed by atoms with Crippen molar-refractivity contribution >= 4 is 23.6 Å². The van der Waals surface area contributed by atoms with Crippen LogP contribution in [0, 0.1) is 6.92 Å². The number of hydrogen-bond donors (Lipinski definition) is 2. The Kier molecular flexibility index (Phi) is 4.37. The standard InChI is InChI=1S/C16H15N5O3/c1-10-4-6-11(7-5-10)18-16-20-13(19-15(17)21-16)9-24-14(22)12-3-2-8-23-12/h2-8H,9H2,1H3,(H3,17,18,19,20,21). The van der Waals surface area contributed by atoms with Gasteiger partial charge in [0.05, 0.1) is 6.26 Å². The van der Waals surface area contributed by atoms with Gasteiger partial charge < -0.3 is 20.2 Å². The first kappa shape index (κ1) is 15.5. The predicted molar refractivity (Wildman–Crippen MR) is 86.5 cm³/mol. The molecule has 8 heteroatoms. The zero-order valence-electron chi connectivity index (χ0n) is 12.9. The fraction of sp³-hybridized carbons (Fsp3) is 0.125. The van der Waals surface area contributed by atoms with Crippen LogP contribution in [0.2, 0.25) is 0 Å². The first-order valence-corrected chi connectivity index (χ1v) is 7.15. The van der Waals surface area contributed by atoms with E-state index in [4.69, 9.17) is 14.9 Å². The lowest BCUT2D eigenvalue weighted by Crippen LogP contribution is -2.10. The zero-order valence-corrected chi connectivity index (χ0v) is 12.9. The molecule has 1 aromatic carbocycles. The maximum absolute atomic E-state index is 11.7. The molecule has 2 heterocycles. The van der Waals surface area contributed by atoms with E-state index in [-0.39, 0.29) is 30.1 Å². The van der Waals surface area contributed by atoms with Crippen molar-refractivity contribution in [3.8, 4) is 0 Å². The van der Waals surface area contributed by atoms with Gasteiger partial charge in [-0.05, 0) is 31.2 Å². The highest BCUT2D eigenvalue weighted by atomic mass is 16.5. The Balaban J connectivity index is 1.69. The molecule has 0 atom stereocenters. The Bertz CT molecular complexity index is 831. The van der Waals surface area contributed by atoms with E-state index in [1.807, 2.05) is 31.2 Å². The van der Waals surface area contributed by atoms with Gasteiger partial charge in [0.1, 0.15) is 0 Å². The van der Waals surface area contributed by atoms with E-state index in [1.165, 1.54) is 12.3 Å². The molecule has 8 nitrogen and oxygen atoms in total. The average molecular weight is 325 g/mol. The highest BCUT2D eigenvalue weighted by Gasteiger charge is 2.12. The summed E-state index contributed by atoms with van der Waals surface area (Å²) < 4.78 is 10.0. The Morgan fingerprint density at radius 1 is 1.21 bits per heavy atom. The first-order chi connectivity index (χ1) is 11.6. The van der Waals surface area contributed by atoms with E-state index in [9.17, 15) is 4.79 Å². The van der Waals surface area contributed by atoms with E-state index in [0.717, 1.165) is 11.3 Å². The predicted octanol–water partition coefficient (Wildman–Crippen LogP) is 2.46. The topological polar surface area (TPSA) is 116 Å². The van der Waals surface area contributed by atoms with Crippen LogP contribution in [0.5, 0.6) is 0 Å². The van der Waals surface area contributed by atoms with Crippen molar-refractivity contribution in [3.05, 3.63) is 59.8 Å². The second-order valence-corrected chi connectivity index (χ2v) is 4.98. The molecule has 0 bridgehead atoms. The van der Waals surface area contributed by atoms with E-state index in [0.29, 0.717) is 0 Å². The summed E-state index contributed by atoms with van der Waals surface area (Å²) in [6.07, 6.45) is 1.39. The lowest BCUT2D eigenvalue weighted by Gasteiger charge is -2.08. The second-order valence-electron chi connectivity index (χ2n) is 4.98. The van der Waals surface area contributed by atoms with Gasteiger partial charge in [0.15, 0.2) is 12.4 Å². The third-order valence-corrected chi connectivity index (χ3v) is 3.06. The smallest absolute Gasteiger partial charge is 0.374 e. The molecule has 0 fully saturated rings. The number of aryl methyl sites for hydroxylation is 1. The molecule has 0 saturated carbocycles. The number of nitrogens with two attached hydrogens (primary N) is 1. The number of benzene rings is 1. The van der Waals surface area contributed by atoms with Gasteiger partial charge in [-0.15, -0.1) is 0 Å². The number of aromatic nitrogens is 3. The largest absolute Gasteiger partial charge is 0.457 e. The van der Waals surface area contributed by atoms with Crippen molar-refractivity contribution in [3.63, 3.8) is 0 Å². The first-order valence-electron chi connectivity index (χ1n) is 7.15. The Labute approximate surface area is 137 Å². The SMILES string of the molecule is Cc1ccc(Nc2nc(N)nc(COC(=O)c3ccco3)n2)cc1. The summed E-state index contributed by atoms with van der Waals surface area (Å²) in [6, 6.07) is 10.8. The summed E-state index contributed by atoms with van der Waals surface area (Å²) in [6.45, 7) is 1.85. The van der Waals surface area contributed by atoms with Gasteiger partial charge in [0.2, 0.25) is 17.7 Å². The van der Waals surface area contributed by atoms with Crippen molar-refractivity contribution in [1.29, 1.82) is 0 Å². The third kappa shape index (κ3) is 3.86. The number of carbonyl (C=O) groups is 1. The Hall–Kier alpha value is -3.42. The molecule has 0 aliphatic rings. The van der Waals surface area contributed by atoms with Crippen LogP contribution in [-0.4, -0.2) is 20.9 Å². The maximum atomic E-state index is 11.7. The van der Waals surface area contributed by atoms with Crippen LogP contribution in [0.25, 0.3) is 0 Å². The van der Waals surface area contributed by atoms with Crippen molar-refractivity contribution in [2.75, 3.05) is 11.1 Å². The van der Waals surface area contributed by atoms with Gasteiger partial charge >= 0.3 is 5.97 Å². The number of hydrogen-bond acceptors (Lipinski definition) is 8. The molecule has 0 spiro atoms. The van der Waals surface area contributed by atoms with Gasteiger partial charge in [-0.2, -0.15) is 15.0 Å². The molecule has 2 aromatic heterocycles. The fourth-order valence-electron chi connectivity index (χ4n) is 1.92. The molecular weight excluding hydrogens is 310 g/mol. The number of carbonyl (C=O) groups excluding carboxylic acids is 1. The summed E-state index contributed by atoms with van der Waals surface area (Å²) in [7, 11) is 0. The quantitative estimate of drug-likeness (QED) is 0.687. The average Bonchev–Trinajstić information content (AvgIpc) is 3.09. The summed E-state index contributed by atoms with van der Waals surface area (Å²) >= 11 is 0. The molecule has 3 N–H and O–H groups in total. The Morgan fingerprint density at radius 3 is 2.71 bits per heavy atom.